The molecule has 4 aromatic rings. The number of nitro benzene ring substituents is 1. The molecule has 32 heavy (non-hydrogen) atoms. The first-order valence-corrected chi connectivity index (χ1v) is 9.90. The average Bonchev–Trinajstić information content (AvgIpc) is 3.09. The number of fused-ring (bicyclic) bond motifs is 2. The topological polar surface area (TPSA) is 107 Å². The van der Waals surface area contributed by atoms with Gasteiger partial charge in [0.2, 0.25) is 0 Å². The molecule has 9 heteroatoms. The van der Waals surface area contributed by atoms with Gasteiger partial charge in [-0.1, -0.05) is 41.9 Å². The highest BCUT2D eigenvalue weighted by atomic mass is 35.5. The third kappa shape index (κ3) is 3.14. The number of amides is 1. The van der Waals surface area contributed by atoms with Crippen LogP contribution in [-0.4, -0.2) is 20.4 Å². The molecule has 156 valence electrons. The Morgan fingerprint density at radius 2 is 1.78 bits per heavy atom. The second-order valence-corrected chi connectivity index (χ2v) is 7.51. The van der Waals surface area contributed by atoms with Gasteiger partial charge in [0.05, 0.1) is 21.4 Å². The van der Waals surface area contributed by atoms with E-state index in [2.05, 4.69) is 10.3 Å². The van der Waals surface area contributed by atoms with E-state index in [1.807, 2.05) is 0 Å². The number of hydrogen-bond donors (Lipinski definition) is 1. The summed E-state index contributed by atoms with van der Waals surface area (Å²) >= 11 is 5.96. The van der Waals surface area contributed by atoms with Gasteiger partial charge in [-0.3, -0.25) is 24.3 Å². The van der Waals surface area contributed by atoms with Gasteiger partial charge in [0.1, 0.15) is 11.5 Å². The molecule has 1 aliphatic rings. The van der Waals surface area contributed by atoms with Crippen LogP contribution in [0.1, 0.15) is 11.4 Å². The molecule has 0 saturated carbocycles. The first kappa shape index (κ1) is 19.7. The Morgan fingerprint density at radius 3 is 2.59 bits per heavy atom. The fourth-order valence-corrected chi connectivity index (χ4v) is 3.89. The van der Waals surface area contributed by atoms with Crippen molar-refractivity contribution in [1.29, 1.82) is 0 Å². The minimum atomic E-state index is -0.614. The number of halogens is 1. The monoisotopic (exact) mass is 444 g/mol. The Kier molecular flexibility index (Phi) is 4.57. The summed E-state index contributed by atoms with van der Waals surface area (Å²) in [4.78, 5) is 41.7. The molecule has 8 nitrogen and oxygen atoms in total. The predicted molar refractivity (Wildman–Crippen MR) is 122 cm³/mol. The Bertz CT molecular complexity index is 1540. The van der Waals surface area contributed by atoms with Crippen molar-refractivity contribution in [3.63, 3.8) is 0 Å². The molecule has 5 rings (SSSR count). The van der Waals surface area contributed by atoms with Crippen LogP contribution in [0.25, 0.3) is 28.2 Å². The van der Waals surface area contributed by atoms with Crippen LogP contribution in [-0.2, 0) is 4.79 Å². The van der Waals surface area contributed by atoms with Crippen molar-refractivity contribution in [3.8, 4) is 5.69 Å². The van der Waals surface area contributed by atoms with Crippen molar-refractivity contribution in [2.24, 2.45) is 0 Å². The van der Waals surface area contributed by atoms with Gasteiger partial charge in [-0.25, -0.2) is 4.98 Å². The summed E-state index contributed by atoms with van der Waals surface area (Å²) in [6, 6.07) is 17.8. The van der Waals surface area contributed by atoms with E-state index < -0.39 is 10.5 Å². The minimum absolute atomic E-state index is 0.00110. The molecule has 0 fully saturated rings. The molecule has 1 aromatic heterocycles. The van der Waals surface area contributed by atoms with E-state index in [9.17, 15) is 19.7 Å². The second-order valence-electron chi connectivity index (χ2n) is 7.08. The number of carbonyl (C=O) groups is 1. The lowest BCUT2D eigenvalue weighted by Gasteiger charge is -2.12. The third-order valence-corrected chi connectivity index (χ3v) is 5.40. The SMILES string of the molecule is O=C1Nc2ccccc2/C1=C/c1nc2ccccc2c(=O)n1-c1ccc(Cl)cc1[N+](=O)[O-]. The van der Waals surface area contributed by atoms with Crippen molar-refractivity contribution in [2.75, 3.05) is 5.32 Å². The highest BCUT2D eigenvalue weighted by Gasteiger charge is 2.26. The number of para-hydroxylation sites is 2. The molecule has 0 atom stereocenters. The number of hydrogen-bond acceptors (Lipinski definition) is 5. The maximum Gasteiger partial charge on any atom is 0.294 e. The van der Waals surface area contributed by atoms with E-state index in [1.165, 1.54) is 24.3 Å². The summed E-state index contributed by atoms with van der Waals surface area (Å²) in [5.74, 6) is -0.272. The van der Waals surface area contributed by atoms with Crippen molar-refractivity contribution >= 4 is 51.4 Å². The smallest absolute Gasteiger partial charge is 0.294 e. The van der Waals surface area contributed by atoms with Crippen LogP contribution in [0.4, 0.5) is 11.4 Å². The summed E-state index contributed by atoms with van der Waals surface area (Å²) in [6.45, 7) is 0. The standard InChI is InChI=1S/C23H13ClN4O4/c24-13-9-10-19(20(11-13)28(31)32)27-21(25-18-8-4-2-6-15(18)23(27)30)12-16-14-5-1-3-7-17(14)26-22(16)29/h1-12H,(H,26,29)/b16-12-. The Labute approximate surface area is 185 Å². The first-order valence-electron chi connectivity index (χ1n) is 9.52. The van der Waals surface area contributed by atoms with Crippen LogP contribution < -0.4 is 10.9 Å². The molecule has 3 aromatic carbocycles. The molecule has 0 spiro atoms. The zero-order chi connectivity index (χ0) is 22.4. The Balaban J connectivity index is 1.86. The summed E-state index contributed by atoms with van der Waals surface area (Å²) in [5, 5.41) is 14.9. The number of nitrogens with one attached hydrogen (secondary N) is 1. The van der Waals surface area contributed by atoms with E-state index in [-0.39, 0.29) is 33.5 Å². The van der Waals surface area contributed by atoms with Gasteiger partial charge in [0.15, 0.2) is 0 Å². The molecule has 0 bridgehead atoms. The lowest BCUT2D eigenvalue weighted by molar-refractivity contribution is -0.384. The van der Waals surface area contributed by atoms with E-state index in [0.29, 0.717) is 22.3 Å². The highest BCUT2D eigenvalue weighted by molar-refractivity contribution is 6.34. The van der Waals surface area contributed by atoms with Crippen LogP contribution in [0.2, 0.25) is 5.02 Å². The van der Waals surface area contributed by atoms with Crippen molar-refractivity contribution in [2.45, 2.75) is 0 Å². The maximum absolute atomic E-state index is 13.4. The van der Waals surface area contributed by atoms with E-state index >= 15 is 0 Å². The summed E-state index contributed by atoms with van der Waals surface area (Å²) < 4.78 is 1.14. The molecule has 1 aliphatic heterocycles. The number of benzene rings is 3. The van der Waals surface area contributed by atoms with Crippen LogP contribution >= 0.6 is 11.6 Å². The predicted octanol–water partition coefficient (Wildman–Crippen LogP) is 4.44. The van der Waals surface area contributed by atoms with Crippen LogP contribution in [0.15, 0.2) is 71.5 Å². The van der Waals surface area contributed by atoms with E-state index in [4.69, 9.17) is 11.6 Å². The van der Waals surface area contributed by atoms with Crippen LogP contribution in [0.5, 0.6) is 0 Å². The molecular weight excluding hydrogens is 432 g/mol. The number of rotatable bonds is 3. The lowest BCUT2D eigenvalue weighted by atomic mass is 10.1. The Morgan fingerprint density at radius 1 is 1.03 bits per heavy atom. The summed E-state index contributed by atoms with van der Waals surface area (Å²) in [5.41, 5.74) is 1.14. The van der Waals surface area contributed by atoms with Crippen molar-refractivity contribution < 1.29 is 9.72 Å². The highest BCUT2D eigenvalue weighted by Crippen LogP contribution is 2.33. The molecule has 0 aliphatic carbocycles. The summed E-state index contributed by atoms with van der Waals surface area (Å²) in [6.07, 6.45) is 1.47. The minimum Gasteiger partial charge on any atom is -0.321 e. The number of carbonyl (C=O) groups excluding carboxylic acids is 1. The Hall–Kier alpha value is -4.30. The van der Waals surface area contributed by atoms with E-state index in [1.54, 1.807) is 48.5 Å². The zero-order valence-corrected chi connectivity index (χ0v) is 17.0. The molecule has 1 N–H and O–H groups in total. The number of nitrogens with zero attached hydrogens (tertiary/aromatic N) is 3. The summed E-state index contributed by atoms with van der Waals surface area (Å²) in [7, 11) is 0. The van der Waals surface area contributed by atoms with Crippen LogP contribution in [0.3, 0.4) is 0 Å². The zero-order valence-electron chi connectivity index (χ0n) is 16.3. The van der Waals surface area contributed by atoms with Gasteiger partial charge in [0.25, 0.3) is 17.2 Å². The van der Waals surface area contributed by atoms with Crippen LogP contribution in [0, 0.1) is 10.1 Å². The third-order valence-electron chi connectivity index (χ3n) is 5.16. The maximum atomic E-state index is 13.4. The molecule has 0 unspecified atom stereocenters. The average molecular weight is 445 g/mol. The van der Waals surface area contributed by atoms with Gasteiger partial charge in [-0.2, -0.15) is 0 Å². The molecule has 0 saturated heterocycles. The van der Waals surface area contributed by atoms with E-state index in [0.717, 1.165) is 4.57 Å². The van der Waals surface area contributed by atoms with Gasteiger partial charge in [-0.15, -0.1) is 0 Å². The van der Waals surface area contributed by atoms with Crippen molar-refractivity contribution in [1.82, 2.24) is 9.55 Å². The quantitative estimate of drug-likeness (QED) is 0.285. The van der Waals surface area contributed by atoms with Crippen molar-refractivity contribution in [3.05, 3.63) is 104 Å². The first-order chi connectivity index (χ1) is 15.4. The fourth-order valence-electron chi connectivity index (χ4n) is 3.72. The van der Waals surface area contributed by atoms with Gasteiger partial charge >= 0.3 is 0 Å². The molecule has 1 amide bonds. The molecule has 2 heterocycles. The second kappa shape index (κ2) is 7.44. The largest absolute Gasteiger partial charge is 0.321 e. The normalized spacial score (nSPS) is 13.9. The molecule has 0 radical (unpaired) electrons. The van der Waals surface area contributed by atoms with Gasteiger partial charge < -0.3 is 5.32 Å². The lowest BCUT2D eigenvalue weighted by Crippen LogP contribution is -2.23. The fraction of sp³-hybridized carbons (Fsp3) is 0. The van der Waals surface area contributed by atoms with Gasteiger partial charge in [0, 0.05) is 22.3 Å². The number of nitro groups is 1. The number of aromatic nitrogens is 2. The van der Waals surface area contributed by atoms with Gasteiger partial charge in [-0.05, 0) is 36.4 Å². The number of anilines is 1. The molecular formula is C23H13ClN4O4.